The average Bonchev–Trinajstić information content (AvgIpc) is 2.66. The van der Waals surface area contributed by atoms with E-state index in [2.05, 4.69) is 5.32 Å². The van der Waals surface area contributed by atoms with Crippen molar-refractivity contribution in [3.8, 4) is 5.75 Å². The fourth-order valence-electron chi connectivity index (χ4n) is 3.10. The van der Waals surface area contributed by atoms with Crippen LogP contribution in [0.25, 0.3) is 0 Å². The first kappa shape index (κ1) is 20.7. The van der Waals surface area contributed by atoms with Crippen LogP contribution < -0.4 is 10.1 Å². The molecule has 0 radical (unpaired) electrons. The molecular weight excluding hydrogens is 356 g/mol. The standard InChI is InChI=1S/C18H28N2O5S/c1-24-12-13-26(22,23)20-11-5-7-16(14-20)18(21)19-10-9-15-6-3-4-8-17(15)25-2/h3-4,6,8,16H,5,7,9-14H2,1-2H3,(H,19,21). The number of nitrogens with one attached hydrogen (secondary N) is 1. The highest BCUT2D eigenvalue weighted by atomic mass is 32.2. The Balaban J connectivity index is 1.85. The number of carbonyl (C=O) groups is 1. The molecule has 1 aromatic carbocycles. The SMILES string of the molecule is COCCS(=O)(=O)N1CCCC(C(=O)NCCc2ccccc2OC)C1. The van der Waals surface area contributed by atoms with Crippen molar-refractivity contribution >= 4 is 15.9 Å². The molecule has 0 aliphatic carbocycles. The van der Waals surface area contributed by atoms with Gasteiger partial charge in [0, 0.05) is 26.7 Å². The molecule has 2 rings (SSSR count). The molecule has 0 bridgehead atoms. The summed E-state index contributed by atoms with van der Waals surface area (Å²) in [5.41, 5.74) is 1.03. The number of methoxy groups -OCH3 is 2. The molecule has 8 heteroatoms. The smallest absolute Gasteiger partial charge is 0.224 e. The molecule has 0 aromatic heterocycles. The number of nitrogens with zero attached hydrogens (tertiary/aromatic N) is 1. The molecule has 0 saturated carbocycles. The van der Waals surface area contributed by atoms with Gasteiger partial charge in [0.1, 0.15) is 5.75 Å². The monoisotopic (exact) mass is 384 g/mol. The molecule has 1 fully saturated rings. The average molecular weight is 384 g/mol. The molecule has 1 N–H and O–H groups in total. The van der Waals surface area contributed by atoms with Crippen molar-refractivity contribution < 1.29 is 22.7 Å². The summed E-state index contributed by atoms with van der Waals surface area (Å²) in [5.74, 6) is 0.353. The zero-order valence-electron chi connectivity index (χ0n) is 15.4. The number of amides is 1. The van der Waals surface area contributed by atoms with E-state index in [1.165, 1.54) is 11.4 Å². The van der Waals surface area contributed by atoms with Crippen LogP contribution in [-0.4, -0.2) is 64.8 Å². The van der Waals surface area contributed by atoms with E-state index in [-0.39, 0.29) is 30.7 Å². The predicted molar refractivity (Wildman–Crippen MR) is 99.7 cm³/mol. The van der Waals surface area contributed by atoms with Crippen LogP contribution in [0, 0.1) is 5.92 Å². The number of sulfonamides is 1. The maximum absolute atomic E-state index is 12.4. The van der Waals surface area contributed by atoms with E-state index in [0.717, 1.165) is 11.3 Å². The third-order valence-electron chi connectivity index (χ3n) is 4.58. The third-order valence-corrected chi connectivity index (χ3v) is 6.38. The molecule has 1 amide bonds. The van der Waals surface area contributed by atoms with E-state index in [4.69, 9.17) is 9.47 Å². The van der Waals surface area contributed by atoms with Crippen LogP contribution in [0.3, 0.4) is 0 Å². The molecule has 1 aromatic rings. The van der Waals surface area contributed by atoms with E-state index < -0.39 is 10.0 Å². The van der Waals surface area contributed by atoms with Crippen molar-refractivity contribution in [2.75, 3.05) is 46.2 Å². The maximum atomic E-state index is 12.4. The van der Waals surface area contributed by atoms with Crippen molar-refractivity contribution in [3.63, 3.8) is 0 Å². The summed E-state index contributed by atoms with van der Waals surface area (Å²) in [6.07, 6.45) is 2.06. The lowest BCUT2D eigenvalue weighted by molar-refractivity contribution is -0.126. The molecule has 0 spiro atoms. The van der Waals surface area contributed by atoms with Crippen molar-refractivity contribution in [1.29, 1.82) is 0 Å². The van der Waals surface area contributed by atoms with Crippen molar-refractivity contribution in [3.05, 3.63) is 29.8 Å². The lowest BCUT2D eigenvalue weighted by atomic mass is 9.98. The summed E-state index contributed by atoms with van der Waals surface area (Å²) < 4.78 is 36.1. The topological polar surface area (TPSA) is 84.9 Å². The molecule has 146 valence electrons. The second kappa shape index (κ2) is 9.89. The highest BCUT2D eigenvalue weighted by Crippen LogP contribution is 2.20. The van der Waals surface area contributed by atoms with Gasteiger partial charge < -0.3 is 14.8 Å². The Morgan fingerprint density at radius 1 is 1.31 bits per heavy atom. The van der Waals surface area contributed by atoms with E-state index >= 15 is 0 Å². The molecule has 7 nitrogen and oxygen atoms in total. The van der Waals surface area contributed by atoms with E-state index in [9.17, 15) is 13.2 Å². The summed E-state index contributed by atoms with van der Waals surface area (Å²) in [6.45, 7) is 1.37. The number of hydrogen-bond acceptors (Lipinski definition) is 5. The molecule has 26 heavy (non-hydrogen) atoms. The van der Waals surface area contributed by atoms with Crippen molar-refractivity contribution in [2.24, 2.45) is 5.92 Å². The van der Waals surface area contributed by atoms with Gasteiger partial charge in [-0.05, 0) is 30.9 Å². The zero-order valence-corrected chi connectivity index (χ0v) is 16.3. The number of hydrogen-bond donors (Lipinski definition) is 1. The minimum atomic E-state index is -3.37. The first-order valence-corrected chi connectivity index (χ1v) is 10.4. The molecular formula is C18H28N2O5S. The van der Waals surface area contributed by atoms with Crippen LogP contribution in [0.15, 0.2) is 24.3 Å². The number of rotatable bonds is 9. The molecule has 1 heterocycles. The number of benzene rings is 1. The van der Waals surface area contributed by atoms with E-state index in [0.29, 0.717) is 32.4 Å². The second-order valence-electron chi connectivity index (χ2n) is 6.36. The first-order valence-electron chi connectivity index (χ1n) is 8.84. The van der Waals surface area contributed by atoms with E-state index in [1.807, 2.05) is 24.3 Å². The Bertz CT molecular complexity index is 693. The molecule has 1 aliphatic rings. The largest absolute Gasteiger partial charge is 0.496 e. The Kier molecular flexibility index (Phi) is 7.86. The van der Waals surface area contributed by atoms with Crippen LogP contribution in [0.1, 0.15) is 18.4 Å². The van der Waals surface area contributed by atoms with Gasteiger partial charge in [0.15, 0.2) is 0 Å². The highest BCUT2D eigenvalue weighted by Gasteiger charge is 2.31. The third kappa shape index (κ3) is 5.69. The van der Waals surface area contributed by atoms with Crippen LogP contribution >= 0.6 is 0 Å². The summed E-state index contributed by atoms with van der Waals surface area (Å²) in [7, 11) is -0.274. The van der Waals surface area contributed by atoms with Gasteiger partial charge in [0.25, 0.3) is 0 Å². The Morgan fingerprint density at radius 3 is 2.81 bits per heavy atom. The Hall–Kier alpha value is -1.64. The predicted octanol–water partition coefficient (Wildman–Crippen LogP) is 1.04. The zero-order chi connectivity index (χ0) is 19.0. The minimum absolute atomic E-state index is 0.0500. The van der Waals surface area contributed by atoms with Gasteiger partial charge in [-0.1, -0.05) is 18.2 Å². The molecule has 1 unspecified atom stereocenters. The number of para-hydroxylation sites is 1. The fraction of sp³-hybridized carbons (Fsp3) is 0.611. The fourth-order valence-corrected chi connectivity index (χ4v) is 4.55. The Morgan fingerprint density at radius 2 is 2.08 bits per heavy atom. The summed E-state index contributed by atoms with van der Waals surface area (Å²) in [5, 5.41) is 2.93. The van der Waals surface area contributed by atoms with Crippen molar-refractivity contribution in [1.82, 2.24) is 9.62 Å². The van der Waals surface area contributed by atoms with Gasteiger partial charge in [-0.2, -0.15) is 0 Å². The maximum Gasteiger partial charge on any atom is 0.224 e. The summed E-state index contributed by atoms with van der Waals surface area (Å²) in [4.78, 5) is 12.4. The summed E-state index contributed by atoms with van der Waals surface area (Å²) >= 11 is 0. The lowest BCUT2D eigenvalue weighted by Gasteiger charge is -2.31. The van der Waals surface area contributed by atoms with Gasteiger partial charge in [0.2, 0.25) is 15.9 Å². The van der Waals surface area contributed by atoms with Crippen LogP contribution in [0.4, 0.5) is 0 Å². The minimum Gasteiger partial charge on any atom is -0.496 e. The van der Waals surface area contributed by atoms with Crippen molar-refractivity contribution in [2.45, 2.75) is 19.3 Å². The van der Waals surface area contributed by atoms with Gasteiger partial charge in [0.05, 0.1) is 25.4 Å². The molecule has 1 saturated heterocycles. The quantitative estimate of drug-likeness (QED) is 0.688. The number of ether oxygens (including phenoxy) is 2. The van der Waals surface area contributed by atoms with Gasteiger partial charge in [-0.25, -0.2) is 12.7 Å². The number of carbonyl (C=O) groups excluding carboxylic acids is 1. The lowest BCUT2D eigenvalue weighted by Crippen LogP contribution is -2.46. The molecule has 1 aliphatic heterocycles. The highest BCUT2D eigenvalue weighted by molar-refractivity contribution is 7.89. The summed E-state index contributed by atoms with van der Waals surface area (Å²) in [6, 6.07) is 7.70. The number of piperidine rings is 1. The first-order chi connectivity index (χ1) is 12.5. The molecule has 1 atom stereocenters. The second-order valence-corrected chi connectivity index (χ2v) is 8.45. The van der Waals surface area contributed by atoms with E-state index in [1.54, 1.807) is 7.11 Å². The van der Waals surface area contributed by atoms with Gasteiger partial charge in [-0.15, -0.1) is 0 Å². The van der Waals surface area contributed by atoms with Gasteiger partial charge in [-0.3, -0.25) is 4.79 Å². The van der Waals surface area contributed by atoms with Gasteiger partial charge >= 0.3 is 0 Å². The van der Waals surface area contributed by atoms with Crippen LogP contribution in [0.2, 0.25) is 0 Å². The van der Waals surface area contributed by atoms with Crippen LogP contribution in [0.5, 0.6) is 5.75 Å². The normalized spacial score (nSPS) is 18.5. The Labute approximate surface area is 155 Å². The van der Waals surface area contributed by atoms with Crippen LogP contribution in [-0.2, 0) is 26.0 Å².